The zero-order valence-electron chi connectivity index (χ0n) is 7.50. The Morgan fingerprint density at radius 1 is 1.31 bits per heavy atom. The Hall–Kier alpha value is -0.670. The molecule has 1 heterocycles. The monoisotopic (exact) mass is 210 g/mol. The van der Waals surface area contributed by atoms with Crippen LogP contribution in [0, 0.1) is 6.92 Å². The number of fused-ring (bicyclic) bond motifs is 1. The summed E-state index contributed by atoms with van der Waals surface area (Å²) < 4.78 is 6.49. The van der Waals surface area contributed by atoms with Gasteiger partial charge in [-0.25, -0.2) is 0 Å². The molecular weight excluding hydrogens is 200 g/mol. The van der Waals surface area contributed by atoms with Gasteiger partial charge in [0.25, 0.3) is 0 Å². The van der Waals surface area contributed by atoms with Crippen molar-refractivity contribution < 1.29 is 4.74 Å². The summed E-state index contributed by atoms with van der Waals surface area (Å²) in [5.41, 5.74) is 0. The highest BCUT2D eigenvalue weighted by atomic mass is 32.1. The molecule has 0 unspecified atom stereocenters. The van der Waals surface area contributed by atoms with Gasteiger partial charge in [0.2, 0.25) is 0 Å². The maximum absolute atomic E-state index is 5.28. The lowest BCUT2D eigenvalue weighted by Gasteiger charge is -2.01. The Kier molecular flexibility index (Phi) is 2.22. The summed E-state index contributed by atoms with van der Waals surface area (Å²) in [6.45, 7) is 2.10. The maximum atomic E-state index is 5.28. The summed E-state index contributed by atoms with van der Waals surface area (Å²) in [5.74, 6) is 0.917. The molecule has 0 N–H and O–H groups in total. The lowest BCUT2D eigenvalue weighted by Crippen LogP contribution is -1.82. The maximum Gasteiger partial charge on any atom is 0.137 e. The molecule has 1 nitrogen and oxygen atoms in total. The van der Waals surface area contributed by atoms with Crippen LogP contribution in [0.4, 0.5) is 0 Å². The topological polar surface area (TPSA) is 9.23 Å². The van der Waals surface area contributed by atoms with Gasteiger partial charge in [0, 0.05) is 9.77 Å². The van der Waals surface area contributed by atoms with Crippen molar-refractivity contribution >= 4 is 34.1 Å². The zero-order chi connectivity index (χ0) is 9.42. The van der Waals surface area contributed by atoms with Gasteiger partial charge in [-0.3, -0.25) is 0 Å². The molecule has 1 aromatic carbocycles. The molecule has 2 aromatic rings. The second kappa shape index (κ2) is 3.24. The minimum atomic E-state index is 0.917. The zero-order valence-corrected chi connectivity index (χ0v) is 9.21. The summed E-state index contributed by atoms with van der Waals surface area (Å²) >= 11 is 6.07. The van der Waals surface area contributed by atoms with E-state index in [2.05, 4.69) is 31.7 Å². The van der Waals surface area contributed by atoms with Gasteiger partial charge in [-0.1, -0.05) is 0 Å². The van der Waals surface area contributed by atoms with E-state index >= 15 is 0 Å². The van der Waals surface area contributed by atoms with Gasteiger partial charge in [0.15, 0.2) is 0 Å². The summed E-state index contributed by atoms with van der Waals surface area (Å²) in [7, 11) is 1.69. The minimum absolute atomic E-state index is 0.917. The molecule has 0 aliphatic heterocycles. The van der Waals surface area contributed by atoms with Crippen LogP contribution < -0.4 is 4.74 Å². The average Bonchev–Trinajstić information content (AvgIpc) is 2.43. The van der Waals surface area contributed by atoms with Crippen molar-refractivity contribution in [1.82, 2.24) is 0 Å². The standard InChI is InChI=1S/C10H10OS2/c1-6-3-7-4-8(12)5-9(11-2)10(7)13-6/h3-5,12H,1-2H3. The molecule has 3 heteroatoms. The van der Waals surface area contributed by atoms with Crippen LogP contribution >= 0.6 is 24.0 Å². The molecule has 0 fully saturated rings. The summed E-state index contributed by atoms with van der Waals surface area (Å²) in [4.78, 5) is 2.24. The third-order valence-corrected chi connectivity index (χ3v) is 3.25. The summed E-state index contributed by atoms with van der Waals surface area (Å²) in [6.07, 6.45) is 0. The molecule has 13 heavy (non-hydrogen) atoms. The molecule has 0 bridgehead atoms. The minimum Gasteiger partial charge on any atom is -0.495 e. The number of aryl methyl sites for hydroxylation is 1. The number of hydrogen-bond donors (Lipinski definition) is 1. The van der Waals surface area contributed by atoms with E-state index in [1.807, 2.05) is 6.07 Å². The van der Waals surface area contributed by atoms with Gasteiger partial charge in [-0.05, 0) is 30.5 Å². The fraction of sp³-hybridized carbons (Fsp3) is 0.200. The van der Waals surface area contributed by atoms with E-state index in [1.165, 1.54) is 15.0 Å². The Balaban J connectivity index is 2.80. The number of thiophene rings is 1. The van der Waals surface area contributed by atoms with Crippen molar-refractivity contribution in [1.29, 1.82) is 0 Å². The largest absolute Gasteiger partial charge is 0.495 e. The van der Waals surface area contributed by atoms with Crippen molar-refractivity contribution in [2.75, 3.05) is 7.11 Å². The van der Waals surface area contributed by atoms with Crippen LogP contribution in [0.2, 0.25) is 0 Å². The van der Waals surface area contributed by atoms with Crippen LogP contribution in [-0.4, -0.2) is 7.11 Å². The number of benzene rings is 1. The van der Waals surface area contributed by atoms with Crippen molar-refractivity contribution in [3.05, 3.63) is 23.1 Å². The first kappa shape index (κ1) is 8.91. The van der Waals surface area contributed by atoms with Gasteiger partial charge in [0.05, 0.1) is 11.8 Å². The van der Waals surface area contributed by atoms with Gasteiger partial charge in [-0.15, -0.1) is 24.0 Å². The lowest BCUT2D eigenvalue weighted by molar-refractivity contribution is 0.419. The Morgan fingerprint density at radius 3 is 2.77 bits per heavy atom. The first-order valence-corrected chi connectivity index (χ1v) is 5.24. The highest BCUT2D eigenvalue weighted by Gasteiger charge is 2.05. The molecule has 0 saturated carbocycles. The number of ether oxygens (including phenoxy) is 1. The molecular formula is C10H10OS2. The first-order valence-electron chi connectivity index (χ1n) is 3.98. The summed E-state index contributed by atoms with van der Waals surface area (Å²) in [5, 5.41) is 1.21. The Bertz CT molecular complexity index is 445. The average molecular weight is 210 g/mol. The molecule has 0 amide bonds. The molecule has 0 aliphatic rings. The van der Waals surface area contributed by atoms with E-state index in [0.29, 0.717) is 0 Å². The number of hydrogen-bond acceptors (Lipinski definition) is 3. The van der Waals surface area contributed by atoms with Gasteiger partial charge < -0.3 is 4.74 Å². The second-order valence-corrected chi connectivity index (χ2v) is 4.70. The lowest BCUT2D eigenvalue weighted by atomic mass is 10.2. The highest BCUT2D eigenvalue weighted by molar-refractivity contribution is 7.80. The molecule has 0 spiro atoms. The summed E-state index contributed by atoms with van der Waals surface area (Å²) in [6, 6.07) is 6.16. The fourth-order valence-electron chi connectivity index (χ4n) is 1.39. The quantitative estimate of drug-likeness (QED) is 0.709. The van der Waals surface area contributed by atoms with Gasteiger partial charge in [-0.2, -0.15) is 0 Å². The molecule has 0 atom stereocenters. The van der Waals surface area contributed by atoms with E-state index in [4.69, 9.17) is 4.74 Å². The fourth-order valence-corrected chi connectivity index (χ4v) is 2.63. The number of thiol groups is 1. The molecule has 68 valence electrons. The van der Waals surface area contributed by atoms with E-state index in [-0.39, 0.29) is 0 Å². The Labute approximate surface area is 86.8 Å². The molecule has 0 radical (unpaired) electrons. The van der Waals surface area contributed by atoms with Crippen LogP contribution in [-0.2, 0) is 0 Å². The number of rotatable bonds is 1. The van der Waals surface area contributed by atoms with E-state index in [1.54, 1.807) is 18.4 Å². The number of methoxy groups -OCH3 is 1. The predicted octanol–water partition coefficient (Wildman–Crippen LogP) is 3.51. The van der Waals surface area contributed by atoms with E-state index < -0.39 is 0 Å². The van der Waals surface area contributed by atoms with E-state index in [9.17, 15) is 0 Å². The predicted molar refractivity (Wildman–Crippen MR) is 60.4 cm³/mol. The molecule has 1 aromatic heterocycles. The van der Waals surface area contributed by atoms with Crippen LogP contribution in [0.1, 0.15) is 4.88 Å². The Morgan fingerprint density at radius 2 is 2.08 bits per heavy atom. The SMILES string of the molecule is COc1cc(S)cc2cc(C)sc12. The smallest absolute Gasteiger partial charge is 0.137 e. The van der Waals surface area contributed by atoms with Crippen LogP contribution in [0.5, 0.6) is 5.75 Å². The van der Waals surface area contributed by atoms with E-state index in [0.717, 1.165) is 10.6 Å². The molecule has 2 rings (SSSR count). The van der Waals surface area contributed by atoms with Gasteiger partial charge in [0.1, 0.15) is 5.75 Å². The van der Waals surface area contributed by atoms with Crippen molar-refractivity contribution in [3.8, 4) is 5.75 Å². The van der Waals surface area contributed by atoms with Crippen molar-refractivity contribution in [3.63, 3.8) is 0 Å². The van der Waals surface area contributed by atoms with Gasteiger partial charge >= 0.3 is 0 Å². The molecule has 0 saturated heterocycles. The van der Waals surface area contributed by atoms with Crippen molar-refractivity contribution in [2.45, 2.75) is 11.8 Å². The normalized spacial score (nSPS) is 10.7. The first-order chi connectivity index (χ1) is 6.20. The second-order valence-electron chi connectivity index (χ2n) is 2.92. The van der Waals surface area contributed by atoms with Crippen LogP contribution in [0.25, 0.3) is 10.1 Å². The van der Waals surface area contributed by atoms with Crippen LogP contribution in [0.15, 0.2) is 23.1 Å². The highest BCUT2D eigenvalue weighted by Crippen LogP contribution is 2.35. The third kappa shape index (κ3) is 1.54. The molecule has 0 aliphatic carbocycles. The van der Waals surface area contributed by atoms with Crippen molar-refractivity contribution in [2.24, 2.45) is 0 Å². The van der Waals surface area contributed by atoms with Crippen LogP contribution in [0.3, 0.4) is 0 Å². The third-order valence-electron chi connectivity index (χ3n) is 1.91.